The highest BCUT2D eigenvalue weighted by atomic mass is 16.5. The highest BCUT2D eigenvalue weighted by Gasteiger charge is 2.61. The van der Waals surface area contributed by atoms with Crippen LogP contribution in [-0.2, 0) is 19.1 Å². The molecule has 0 bridgehead atoms. The molecular weight excluding hydrogens is 348 g/mol. The summed E-state index contributed by atoms with van der Waals surface area (Å²) in [5, 5.41) is 10.1. The van der Waals surface area contributed by atoms with Gasteiger partial charge in [-0.05, 0) is 38.5 Å². The Kier molecular flexibility index (Phi) is 5.89. The molecule has 1 N–H and O–H groups in total. The number of fused-ring (bicyclic) bond motifs is 2. The molecule has 2 amide bonds. The van der Waals surface area contributed by atoms with Crippen LogP contribution in [-0.4, -0.2) is 71.6 Å². The summed E-state index contributed by atoms with van der Waals surface area (Å²) in [6, 6.07) is -0.646. The number of carbonyl (C=O) groups is 3. The van der Waals surface area contributed by atoms with Crippen LogP contribution in [0.25, 0.3) is 0 Å². The molecule has 150 valence electrons. The number of carbonyl (C=O) groups excluding carboxylic acids is 3. The number of esters is 1. The molecule has 1 aliphatic carbocycles. The lowest BCUT2D eigenvalue weighted by molar-refractivity contribution is -0.154. The molecule has 1 saturated heterocycles. The normalized spacial score (nSPS) is 35.9. The first-order valence-corrected chi connectivity index (χ1v) is 9.95. The molecule has 1 saturated carbocycles. The monoisotopic (exact) mass is 378 g/mol. The molecule has 7 nitrogen and oxygen atoms in total. The fourth-order valence-electron chi connectivity index (χ4n) is 4.30. The summed E-state index contributed by atoms with van der Waals surface area (Å²) in [5.41, 5.74) is -0.819. The fraction of sp³-hybridized carbons (Fsp3) is 0.750. The third kappa shape index (κ3) is 4.03. The van der Waals surface area contributed by atoms with E-state index >= 15 is 0 Å². The van der Waals surface area contributed by atoms with E-state index < -0.39 is 17.6 Å². The van der Waals surface area contributed by atoms with E-state index in [1.165, 1.54) is 4.90 Å². The van der Waals surface area contributed by atoms with E-state index in [-0.39, 0.29) is 49.7 Å². The molecule has 0 aromatic carbocycles. The van der Waals surface area contributed by atoms with Crippen molar-refractivity contribution in [3.8, 4) is 0 Å². The molecule has 7 heteroatoms. The molecule has 0 aromatic heterocycles. The summed E-state index contributed by atoms with van der Waals surface area (Å²) in [6.45, 7) is 2.81. The molecule has 3 rings (SSSR count). The van der Waals surface area contributed by atoms with Crippen molar-refractivity contribution in [2.45, 2.75) is 57.6 Å². The van der Waals surface area contributed by atoms with Crippen molar-refractivity contribution in [1.82, 2.24) is 9.80 Å². The standard InChI is InChI=1S/C20H30N2O5/c1-3-27-19(26)20-11-14(20)8-6-4-5-7-9-21(2)18(25)16-10-15(23)13-22(16)17(24)12-20/h6,8,14-16,23H,3-5,7,9-13H2,1-2H3/b8-6-/t14-,15+,16+,20-/m1/s1. The van der Waals surface area contributed by atoms with Crippen molar-refractivity contribution < 1.29 is 24.2 Å². The number of nitrogens with zero attached hydrogens (tertiary/aromatic N) is 2. The Labute approximate surface area is 160 Å². The van der Waals surface area contributed by atoms with E-state index in [2.05, 4.69) is 6.08 Å². The summed E-state index contributed by atoms with van der Waals surface area (Å²) in [4.78, 5) is 41.5. The summed E-state index contributed by atoms with van der Waals surface area (Å²) >= 11 is 0. The molecule has 0 aromatic rings. The first-order chi connectivity index (χ1) is 12.9. The number of hydrogen-bond donors (Lipinski definition) is 1. The summed E-state index contributed by atoms with van der Waals surface area (Å²) < 4.78 is 5.25. The number of hydrogen-bond acceptors (Lipinski definition) is 5. The molecule has 0 radical (unpaired) electrons. The molecule has 4 atom stereocenters. The topological polar surface area (TPSA) is 87.1 Å². The van der Waals surface area contributed by atoms with Crippen LogP contribution in [0.5, 0.6) is 0 Å². The minimum atomic E-state index is -0.819. The molecule has 3 aliphatic rings. The average molecular weight is 378 g/mol. The number of amides is 2. The van der Waals surface area contributed by atoms with Gasteiger partial charge in [0.2, 0.25) is 11.8 Å². The SMILES string of the molecule is CCOC(=O)[C@]12CC(=O)N3C[C@@H](O)C[C@H]3C(=O)N(C)CCCC/C=C\[C@@H]1C2. The van der Waals surface area contributed by atoms with Gasteiger partial charge in [0.15, 0.2) is 0 Å². The Morgan fingerprint density at radius 1 is 1.37 bits per heavy atom. The van der Waals surface area contributed by atoms with Crippen LogP contribution in [0.2, 0.25) is 0 Å². The van der Waals surface area contributed by atoms with E-state index in [9.17, 15) is 19.5 Å². The Hall–Kier alpha value is -1.89. The van der Waals surface area contributed by atoms with Crippen LogP contribution < -0.4 is 0 Å². The quantitative estimate of drug-likeness (QED) is 0.574. The number of likely N-dealkylation sites (N-methyl/N-ethyl adjacent to an activating group) is 1. The van der Waals surface area contributed by atoms with Crippen LogP contribution >= 0.6 is 0 Å². The minimum absolute atomic E-state index is 0.00722. The second kappa shape index (κ2) is 8.00. The van der Waals surface area contributed by atoms with Gasteiger partial charge >= 0.3 is 5.97 Å². The van der Waals surface area contributed by atoms with Crippen molar-refractivity contribution in [3.05, 3.63) is 12.2 Å². The average Bonchev–Trinajstić information content (AvgIpc) is 3.18. The van der Waals surface area contributed by atoms with Gasteiger partial charge in [-0.25, -0.2) is 0 Å². The maximum atomic E-state index is 13.0. The van der Waals surface area contributed by atoms with Gasteiger partial charge in [0.1, 0.15) is 6.04 Å². The maximum absolute atomic E-state index is 13.0. The zero-order chi connectivity index (χ0) is 19.6. The van der Waals surface area contributed by atoms with E-state index in [1.54, 1.807) is 18.9 Å². The number of aliphatic hydroxyl groups excluding tert-OH is 1. The number of allylic oxidation sites excluding steroid dienone is 2. The third-order valence-electron chi connectivity index (χ3n) is 6.03. The summed E-state index contributed by atoms with van der Waals surface area (Å²) in [5.74, 6) is -0.711. The Bertz CT molecular complexity index is 634. The second-order valence-corrected chi connectivity index (χ2v) is 8.00. The summed E-state index contributed by atoms with van der Waals surface area (Å²) in [6.07, 6.45) is 7.02. The number of ether oxygens (including phenoxy) is 1. The Balaban J connectivity index is 1.85. The van der Waals surface area contributed by atoms with Gasteiger partial charge < -0.3 is 19.6 Å². The van der Waals surface area contributed by atoms with Gasteiger partial charge in [-0.15, -0.1) is 0 Å². The van der Waals surface area contributed by atoms with Crippen LogP contribution in [0.15, 0.2) is 12.2 Å². The number of aliphatic hydroxyl groups is 1. The lowest BCUT2D eigenvalue weighted by Crippen LogP contribution is -2.47. The van der Waals surface area contributed by atoms with Crippen LogP contribution in [0.1, 0.15) is 45.4 Å². The molecule has 0 unspecified atom stereocenters. The van der Waals surface area contributed by atoms with Gasteiger partial charge in [0.25, 0.3) is 0 Å². The molecular formula is C20H30N2O5. The van der Waals surface area contributed by atoms with Crippen molar-refractivity contribution >= 4 is 17.8 Å². The van der Waals surface area contributed by atoms with Gasteiger partial charge in [-0.1, -0.05) is 12.2 Å². The van der Waals surface area contributed by atoms with Crippen LogP contribution in [0.4, 0.5) is 0 Å². The van der Waals surface area contributed by atoms with Crippen molar-refractivity contribution in [2.75, 3.05) is 26.7 Å². The molecule has 2 aliphatic heterocycles. The lowest BCUT2D eigenvalue weighted by Gasteiger charge is -2.29. The second-order valence-electron chi connectivity index (χ2n) is 8.00. The van der Waals surface area contributed by atoms with Crippen LogP contribution in [0, 0.1) is 11.3 Å². The smallest absolute Gasteiger partial charge is 0.313 e. The largest absolute Gasteiger partial charge is 0.466 e. The van der Waals surface area contributed by atoms with E-state index in [0.717, 1.165) is 19.3 Å². The predicted octanol–water partition coefficient (Wildman–Crippen LogP) is 1.11. The predicted molar refractivity (Wildman–Crippen MR) is 98.5 cm³/mol. The minimum Gasteiger partial charge on any atom is -0.466 e. The van der Waals surface area contributed by atoms with Crippen molar-refractivity contribution in [3.63, 3.8) is 0 Å². The third-order valence-corrected chi connectivity index (χ3v) is 6.03. The highest BCUT2D eigenvalue weighted by molar-refractivity contribution is 5.92. The van der Waals surface area contributed by atoms with Crippen LogP contribution in [0.3, 0.4) is 0 Å². The first-order valence-electron chi connectivity index (χ1n) is 9.95. The van der Waals surface area contributed by atoms with Gasteiger partial charge in [0.05, 0.1) is 18.1 Å². The van der Waals surface area contributed by atoms with Crippen molar-refractivity contribution in [1.29, 1.82) is 0 Å². The fourth-order valence-corrected chi connectivity index (χ4v) is 4.30. The Morgan fingerprint density at radius 3 is 2.89 bits per heavy atom. The molecule has 2 heterocycles. The van der Waals surface area contributed by atoms with Gasteiger partial charge in [-0.3, -0.25) is 14.4 Å². The van der Waals surface area contributed by atoms with E-state index in [1.807, 2.05) is 6.08 Å². The highest BCUT2D eigenvalue weighted by Crippen LogP contribution is 2.57. The molecule has 27 heavy (non-hydrogen) atoms. The first kappa shape index (κ1) is 19.9. The van der Waals surface area contributed by atoms with Gasteiger partial charge in [0, 0.05) is 33.0 Å². The Morgan fingerprint density at radius 2 is 2.15 bits per heavy atom. The van der Waals surface area contributed by atoms with Gasteiger partial charge in [-0.2, -0.15) is 0 Å². The molecule has 0 spiro atoms. The van der Waals surface area contributed by atoms with Crippen molar-refractivity contribution in [2.24, 2.45) is 11.3 Å². The maximum Gasteiger partial charge on any atom is 0.313 e. The lowest BCUT2D eigenvalue weighted by atomic mass is 9.97. The zero-order valence-corrected chi connectivity index (χ0v) is 16.2. The number of rotatable bonds is 2. The zero-order valence-electron chi connectivity index (χ0n) is 16.2. The molecule has 2 fully saturated rings. The summed E-state index contributed by atoms with van der Waals surface area (Å²) in [7, 11) is 1.74. The van der Waals surface area contributed by atoms with E-state index in [0.29, 0.717) is 13.0 Å². The van der Waals surface area contributed by atoms with E-state index in [4.69, 9.17) is 4.74 Å².